The van der Waals surface area contributed by atoms with Crippen LogP contribution in [-0.4, -0.2) is 16.7 Å². The zero-order valence-electron chi connectivity index (χ0n) is 10.2. The van der Waals surface area contributed by atoms with Gasteiger partial charge in [0.05, 0.1) is 0 Å². The molecule has 0 spiro atoms. The number of hydrogen-bond donors (Lipinski definition) is 1. The summed E-state index contributed by atoms with van der Waals surface area (Å²) in [4.78, 5) is 4.39. The Labute approximate surface area is 101 Å². The smallest absolute Gasteiger partial charge is 0.258 e. The maximum atomic E-state index is 5.45. The van der Waals surface area contributed by atoms with Crippen LogP contribution >= 0.6 is 0 Å². The molecule has 0 amide bonds. The fourth-order valence-corrected chi connectivity index (χ4v) is 1.71. The van der Waals surface area contributed by atoms with Crippen LogP contribution < -0.4 is 5.73 Å². The molecule has 1 aromatic carbocycles. The van der Waals surface area contributed by atoms with Gasteiger partial charge in [0.15, 0.2) is 5.82 Å². The zero-order valence-corrected chi connectivity index (χ0v) is 10.2. The van der Waals surface area contributed by atoms with Gasteiger partial charge in [-0.3, -0.25) is 0 Å². The minimum atomic E-state index is 0.596. The summed E-state index contributed by atoms with van der Waals surface area (Å²) < 4.78 is 5.28. The molecule has 0 unspecified atom stereocenters. The van der Waals surface area contributed by atoms with Crippen molar-refractivity contribution >= 4 is 0 Å². The minimum absolute atomic E-state index is 0.596. The van der Waals surface area contributed by atoms with E-state index in [2.05, 4.69) is 30.1 Å². The molecule has 0 radical (unpaired) electrons. The van der Waals surface area contributed by atoms with E-state index in [1.807, 2.05) is 12.1 Å². The Morgan fingerprint density at radius 2 is 2.12 bits per heavy atom. The van der Waals surface area contributed by atoms with Crippen molar-refractivity contribution in [2.24, 2.45) is 5.73 Å². The Morgan fingerprint density at radius 3 is 2.88 bits per heavy atom. The number of hydrogen-bond acceptors (Lipinski definition) is 4. The molecule has 4 heteroatoms. The molecular formula is C13H17N3O. The van der Waals surface area contributed by atoms with Gasteiger partial charge in [0.2, 0.25) is 0 Å². The molecule has 2 rings (SSSR count). The summed E-state index contributed by atoms with van der Waals surface area (Å²) in [5.41, 5.74) is 8.87. The topological polar surface area (TPSA) is 64.9 Å². The van der Waals surface area contributed by atoms with Crippen LogP contribution in [0.2, 0.25) is 0 Å². The first kappa shape index (κ1) is 11.8. The lowest BCUT2D eigenvalue weighted by Gasteiger charge is -2.03. The van der Waals surface area contributed by atoms with Crippen LogP contribution in [0, 0.1) is 13.8 Å². The predicted molar refractivity (Wildman–Crippen MR) is 66.6 cm³/mol. The molecule has 2 N–H and O–H groups in total. The molecule has 0 aliphatic rings. The fourth-order valence-electron chi connectivity index (χ4n) is 1.71. The highest BCUT2D eigenvalue weighted by Crippen LogP contribution is 2.23. The van der Waals surface area contributed by atoms with E-state index in [9.17, 15) is 0 Å². The molecule has 0 aliphatic carbocycles. The Hall–Kier alpha value is -1.68. The molecule has 0 aliphatic heterocycles. The van der Waals surface area contributed by atoms with Gasteiger partial charge in [0.1, 0.15) is 0 Å². The molecular weight excluding hydrogens is 214 g/mol. The average molecular weight is 231 g/mol. The first-order valence-electron chi connectivity index (χ1n) is 5.81. The van der Waals surface area contributed by atoms with Crippen LogP contribution in [0.5, 0.6) is 0 Å². The standard InChI is InChI=1S/C13H17N3O/c1-9-5-3-6-11(10(9)2)13-15-12(16-17-13)7-4-8-14/h3,5-6H,4,7-8,14H2,1-2H3. The van der Waals surface area contributed by atoms with Crippen molar-refractivity contribution in [3.05, 3.63) is 35.2 Å². The number of aryl methyl sites for hydroxylation is 2. The van der Waals surface area contributed by atoms with E-state index in [1.165, 1.54) is 11.1 Å². The van der Waals surface area contributed by atoms with Gasteiger partial charge in [0, 0.05) is 12.0 Å². The van der Waals surface area contributed by atoms with E-state index in [0.717, 1.165) is 24.2 Å². The van der Waals surface area contributed by atoms with E-state index < -0.39 is 0 Å². The lowest BCUT2D eigenvalue weighted by atomic mass is 10.0. The Kier molecular flexibility index (Phi) is 3.54. The largest absolute Gasteiger partial charge is 0.334 e. The monoisotopic (exact) mass is 231 g/mol. The number of rotatable bonds is 4. The second-order valence-corrected chi connectivity index (χ2v) is 4.16. The van der Waals surface area contributed by atoms with Gasteiger partial charge in [-0.25, -0.2) is 0 Å². The van der Waals surface area contributed by atoms with Gasteiger partial charge in [-0.1, -0.05) is 17.3 Å². The number of nitrogens with zero attached hydrogens (tertiary/aromatic N) is 2. The summed E-state index contributed by atoms with van der Waals surface area (Å²) in [6, 6.07) is 6.08. The summed E-state index contributed by atoms with van der Waals surface area (Å²) in [6.07, 6.45) is 1.65. The van der Waals surface area contributed by atoms with Crippen molar-refractivity contribution in [3.8, 4) is 11.5 Å². The van der Waals surface area contributed by atoms with Crippen molar-refractivity contribution in [1.29, 1.82) is 0 Å². The number of benzene rings is 1. The van der Waals surface area contributed by atoms with Crippen LogP contribution in [0.25, 0.3) is 11.5 Å². The molecule has 0 atom stereocenters. The molecule has 1 heterocycles. The Balaban J connectivity index is 2.27. The SMILES string of the molecule is Cc1cccc(-c2nc(CCCN)no2)c1C. The third-order valence-corrected chi connectivity index (χ3v) is 2.91. The number of nitrogens with two attached hydrogens (primary N) is 1. The zero-order chi connectivity index (χ0) is 12.3. The summed E-state index contributed by atoms with van der Waals surface area (Å²) in [5, 5.41) is 3.96. The van der Waals surface area contributed by atoms with Gasteiger partial charge in [0.25, 0.3) is 5.89 Å². The lowest BCUT2D eigenvalue weighted by molar-refractivity contribution is 0.421. The van der Waals surface area contributed by atoms with E-state index >= 15 is 0 Å². The molecule has 0 fully saturated rings. The van der Waals surface area contributed by atoms with Gasteiger partial charge in [-0.05, 0) is 44.0 Å². The summed E-state index contributed by atoms with van der Waals surface area (Å²) in [6.45, 7) is 4.78. The quantitative estimate of drug-likeness (QED) is 0.876. The van der Waals surface area contributed by atoms with E-state index in [0.29, 0.717) is 12.4 Å². The summed E-state index contributed by atoms with van der Waals surface area (Å²) in [7, 11) is 0. The van der Waals surface area contributed by atoms with E-state index in [1.54, 1.807) is 0 Å². The predicted octanol–water partition coefficient (Wildman–Crippen LogP) is 2.24. The van der Waals surface area contributed by atoms with Crippen LogP contribution in [0.1, 0.15) is 23.4 Å². The van der Waals surface area contributed by atoms with Gasteiger partial charge < -0.3 is 10.3 Å². The molecule has 17 heavy (non-hydrogen) atoms. The molecule has 4 nitrogen and oxygen atoms in total. The highest BCUT2D eigenvalue weighted by atomic mass is 16.5. The maximum absolute atomic E-state index is 5.45. The van der Waals surface area contributed by atoms with Crippen LogP contribution in [0.4, 0.5) is 0 Å². The average Bonchev–Trinajstić information content (AvgIpc) is 2.78. The molecule has 2 aromatic rings. The van der Waals surface area contributed by atoms with Gasteiger partial charge >= 0.3 is 0 Å². The summed E-state index contributed by atoms with van der Waals surface area (Å²) >= 11 is 0. The molecule has 0 saturated heterocycles. The van der Waals surface area contributed by atoms with Crippen molar-refractivity contribution in [2.75, 3.05) is 6.54 Å². The lowest BCUT2D eigenvalue weighted by Crippen LogP contribution is -2.01. The first-order chi connectivity index (χ1) is 8.22. The van der Waals surface area contributed by atoms with Crippen LogP contribution in [0.3, 0.4) is 0 Å². The van der Waals surface area contributed by atoms with Crippen LogP contribution in [-0.2, 0) is 6.42 Å². The van der Waals surface area contributed by atoms with Crippen molar-refractivity contribution in [1.82, 2.24) is 10.1 Å². The molecule has 90 valence electrons. The minimum Gasteiger partial charge on any atom is -0.334 e. The van der Waals surface area contributed by atoms with Crippen LogP contribution in [0.15, 0.2) is 22.7 Å². The van der Waals surface area contributed by atoms with Crippen molar-refractivity contribution < 1.29 is 4.52 Å². The second-order valence-electron chi connectivity index (χ2n) is 4.16. The summed E-state index contributed by atoms with van der Waals surface area (Å²) in [5.74, 6) is 1.32. The molecule has 0 saturated carbocycles. The Morgan fingerprint density at radius 1 is 1.29 bits per heavy atom. The fraction of sp³-hybridized carbons (Fsp3) is 0.385. The normalized spacial score (nSPS) is 10.8. The first-order valence-corrected chi connectivity index (χ1v) is 5.81. The maximum Gasteiger partial charge on any atom is 0.258 e. The highest BCUT2D eigenvalue weighted by molar-refractivity contribution is 5.59. The third-order valence-electron chi connectivity index (χ3n) is 2.91. The Bertz CT molecular complexity index is 505. The highest BCUT2D eigenvalue weighted by Gasteiger charge is 2.11. The second kappa shape index (κ2) is 5.10. The molecule has 0 bridgehead atoms. The van der Waals surface area contributed by atoms with E-state index in [-0.39, 0.29) is 0 Å². The molecule has 1 aromatic heterocycles. The van der Waals surface area contributed by atoms with Crippen molar-refractivity contribution in [3.63, 3.8) is 0 Å². The van der Waals surface area contributed by atoms with E-state index in [4.69, 9.17) is 10.3 Å². The number of aromatic nitrogens is 2. The van der Waals surface area contributed by atoms with Gasteiger partial charge in [-0.2, -0.15) is 4.98 Å². The van der Waals surface area contributed by atoms with Crippen molar-refractivity contribution in [2.45, 2.75) is 26.7 Å². The van der Waals surface area contributed by atoms with Gasteiger partial charge in [-0.15, -0.1) is 0 Å². The third kappa shape index (κ3) is 2.53.